The summed E-state index contributed by atoms with van der Waals surface area (Å²) in [6, 6.07) is -1.11. The van der Waals surface area contributed by atoms with Crippen LogP contribution in [-0.2, 0) is 9.59 Å². The van der Waals surface area contributed by atoms with E-state index in [4.69, 9.17) is 0 Å². The molecule has 226 valence electrons. The number of aliphatic hydroxyl groups excluding tert-OH is 1. The van der Waals surface area contributed by atoms with Gasteiger partial charge in [0.1, 0.15) is 0 Å². The highest BCUT2D eigenvalue weighted by Crippen LogP contribution is 2.16. The fourth-order valence-electron chi connectivity index (χ4n) is 5.33. The second kappa shape index (κ2) is 28.9. The van der Waals surface area contributed by atoms with Gasteiger partial charge in [0.15, 0.2) is 6.04 Å². The number of amides is 1. The second-order valence-corrected chi connectivity index (χ2v) is 11.5. The second-order valence-electron chi connectivity index (χ2n) is 11.5. The van der Waals surface area contributed by atoms with Crippen molar-refractivity contribution in [1.29, 1.82) is 0 Å². The van der Waals surface area contributed by atoms with Gasteiger partial charge in [-0.3, -0.25) is 4.79 Å². The number of hydrogen-bond acceptors (Lipinski definition) is 3. The summed E-state index contributed by atoms with van der Waals surface area (Å²) in [7, 11) is 0. The van der Waals surface area contributed by atoms with E-state index in [0.717, 1.165) is 38.5 Å². The minimum Gasteiger partial charge on any atom is -0.480 e. The molecule has 5 heteroatoms. The van der Waals surface area contributed by atoms with Crippen molar-refractivity contribution in [3.8, 4) is 0 Å². The lowest BCUT2D eigenvalue weighted by atomic mass is 10.0. The van der Waals surface area contributed by atoms with Gasteiger partial charge in [-0.2, -0.15) is 0 Å². The molecular weight excluding hydrogens is 474 g/mol. The number of carboxylic acid groups (broad SMARTS) is 1. The number of aliphatic carboxylic acids is 1. The molecule has 0 saturated carbocycles. The van der Waals surface area contributed by atoms with E-state index in [-0.39, 0.29) is 5.91 Å². The number of hydrogen-bond donors (Lipinski definition) is 2. The minimum absolute atomic E-state index is 0.113. The van der Waals surface area contributed by atoms with Crippen molar-refractivity contribution >= 4 is 11.9 Å². The lowest BCUT2D eigenvalue weighted by Crippen LogP contribution is -2.47. The van der Waals surface area contributed by atoms with Crippen molar-refractivity contribution in [2.24, 2.45) is 0 Å². The smallest absolute Gasteiger partial charge is 0.328 e. The van der Waals surface area contributed by atoms with E-state index >= 15 is 0 Å². The van der Waals surface area contributed by atoms with E-state index in [1.165, 1.54) is 127 Å². The zero-order chi connectivity index (χ0) is 28.1. The first-order chi connectivity index (χ1) is 18.6. The average molecular weight is 540 g/mol. The van der Waals surface area contributed by atoms with Crippen molar-refractivity contribution in [2.75, 3.05) is 13.2 Å². The Hall–Kier alpha value is -1.10. The van der Waals surface area contributed by atoms with E-state index in [0.29, 0.717) is 13.0 Å². The third kappa shape index (κ3) is 22.8. The van der Waals surface area contributed by atoms with Crippen molar-refractivity contribution in [2.45, 2.75) is 187 Å². The molecule has 0 aliphatic heterocycles. The van der Waals surface area contributed by atoms with Gasteiger partial charge in [-0.25, -0.2) is 4.79 Å². The summed E-state index contributed by atoms with van der Waals surface area (Å²) in [6.07, 6.45) is 31.5. The van der Waals surface area contributed by atoms with E-state index in [1.807, 2.05) is 0 Å². The van der Waals surface area contributed by atoms with Crippen LogP contribution in [0.4, 0.5) is 0 Å². The van der Waals surface area contributed by atoms with Crippen LogP contribution in [-0.4, -0.2) is 46.2 Å². The molecule has 0 heterocycles. The van der Waals surface area contributed by atoms with Gasteiger partial charge in [-0.15, -0.1) is 0 Å². The predicted octanol–water partition coefficient (Wildman–Crippen LogP) is 9.44. The quantitative estimate of drug-likeness (QED) is 0.0891. The van der Waals surface area contributed by atoms with Gasteiger partial charge in [0.25, 0.3) is 0 Å². The number of carboxylic acids is 1. The Labute approximate surface area is 236 Å². The van der Waals surface area contributed by atoms with Crippen LogP contribution in [0.2, 0.25) is 0 Å². The van der Waals surface area contributed by atoms with E-state index in [1.54, 1.807) is 0 Å². The number of carbonyl (C=O) groups is 2. The Bertz CT molecular complexity index is 525. The maximum atomic E-state index is 12.8. The maximum Gasteiger partial charge on any atom is 0.328 e. The molecule has 0 aromatic carbocycles. The van der Waals surface area contributed by atoms with Crippen LogP contribution in [0.5, 0.6) is 0 Å². The lowest BCUT2D eigenvalue weighted by molar-refractivity contribution is -0.152. The van der Waals surface area contributed by atoms with Crippen LogP contribution in [0.15, 0.2) is 0 Å². The third-order valence-electron chi connectivity index (χ3n) is 7.90. The van der Waals surface area contributed by atoms with Gasteiger partial charge in [0.2, 0.25) is 5.91 Å². The van der Waals surface area contributed by atoms with Gasteiger partial charge in [-0.05, 0) is 12.8 Å². The molecule has 38 heavy (non-hydrogen) atoms. The molecule has 0 aromatic heterocycles. The first kappa shape index (κ1) is 36.9. The van der Waals surface area contributed by atoms with Gasteiger partial charge in [0.05, 0.1) is 6.61 Å². The van der Waals surface area contributed by atoms with Crippen LogP contribution in [0.1, 0.15) is 181 Å². The fourth-order valence-corrected chi connectivity index (χ4v) is 5.33. The van der Waals surface area contributed by atoms with Crippen LogP contribution < -0.4 is 0 Å². The summed E-state index contributed by atoms with van der Waals surface area (Å²) in [5.74, 6) is -1.22. The molecule has 0 unspecified atom stereocenters. The highest BCUT2D eigenvalue weighted by Gasteiger charge is 2.28. The Kier molecular flexibility index (Phi) is 28.1. The number of unbranched alkanes of at least 4 members (excludes halogenated alkanes) is 23. The molecule has 0 radical (unpaired) electrons. The van der Waals surface area contributed by atoms with E-state index in [9.17, 15) is 19.8 Å². The highest BCUT2D eigenvalue weighted by atomic mass is 16.4. The van der Waals surface area contributed by atoms with Gasteiger partial charge < -0.3 is 15.1 Å². The van der Waals surface area contributed by atoms with Crippen LogP contribution >= 0.6 is 0 Å². The first-order valence-corrected chi connectivity index (χ1v) is 16.7. The van der Waals surface area contributed by atoms with E-state index < -0.39 is 18.6 Å². The van der Waals surface area contributed by atoms with Gasteiger partial charge in [0, 0.05) is 13.0 Å². The predicted molar refractivity (Wildman–Crippen MR) is 162 cm³/mol. The lowest BCUT2D eigenvalue weighted by Gasteiger charge is -2.28. The van der Waals surface area contributed by atoms with Crippen LogP contribution in [0.3, 0.4) is 0 Å². The Morgan fingerprint density at radius 1 is 0.526 bits per heavy atom. The normalized spacial score (nSPS) is 12.1. The molecule has 1 amide bonds. The molecule has 0 saturated heterocycles. The number of nitrogens with zero attached hydrogens (tertiary/aromatic N) is 1. The molecule has 1 atom stereocenters. The monoisotopic (exact) mass is 539 g/mol. The molecule has 0 aromatic rings. The molecule has 2 N–H and O–H groups in total. The molecule has 5 nitrogen and oxygen atoms in total. The third-order valence-corrected chi connectivity index (χ3v) is 7.90. The van der Waals surface area contributed by atoms with Crippen LogP contribution in [0.25, 0.3) is 0 Å². The number of rotatable bonds is 30. The molecule has 0 spiro atoms. The van der Waals surface area contributed by atoms with Crippen molar-refractivity contribution in [1.82, 2.24) is 4.90 Å². The highest BCUT2D eigenvalue weighted by molar-refractivity contribution is 5.83. The summed E-state index contributed by atoms with van der Waals surface area (Å²) in [4.78, 5) is 25.9. The molecule has 0 aliphatic carbocycles. The molecule has 0 fully saturated rings. The SMILES string of the molecule is CCCCCCCCCCCCCCCC(=O)N(CCCCCCCCCCCCCC)[C@@H](CO)C(=O)O. The molecule has 0 bridgehead atoms. The Morgan fingerprint density at radius 3 is 1.16 bits per heavy atom. The van der Waals surface area contributed by atoms with Gasteiger partial charge >= 0.3 is 5.97 Å². The first-order valence-electron chi connectivity index (χ1n) is 16.7. The van der Waals surface area contributed by atoms with Gasteiger partial charge in [-0.1, -0.05) is 162 Å². The largest absolute Gasteiger partial charge is 0.480 e. The summed E-state index contributed by atoms with van der Waals surface area (Å²) >= 11 is 0. The molecular formula is C33H65NO4. The Morgan fingerprint density at radius 2 is 0.842 bits per heavy atom. The van der Waals surface area contributed by atoms with Crippen LogP contribution in [0, 0.1) is 0 Å². The van der Waals surface area contributed by atoms with Crippen molar-refractivity contribution in [3.05, 3.63) is 0 Å². The number of aliphatic hydroxyl groups is 1. The van der Waals surface area contributed by atoms with E-state index in [2.05, 4.69) is 13.8 Å². The summed E-state index contributed by atoms with van der Waals surface area (Å²) in [5, 5.41) is 19.1. The summed E-state index contributed by atoms with van der Waals surface area (Å²) in [5.41, 5.74) is 0. The Balaban J connectivity index is 3.95. The maximum absolute atomic E-state index is 12.8. The standard InChI is InChI=1S/C33H65NO4/c1-3-5-7-9-11-13-15-17-18-20-22-24-26-28-32(36)34(31(30-35)33(37)38)29-27-25-23-21-19-16-14-12-10-8-6-4-2/h31,35H,3-30H2,1-2H3,(H,37,38)/t31-/m0/s1. The number of carbonyl (C=O) groups excluding carboxylic acids is 1. The molecule has 0 aliphatic rings. The van der Waals surface area contributed by atoms with Crippen molar-refractivity contribution in [3.63, 3.8) is 0 Å². The van der Waals surface area contributed by atoms with Crippen molar-refractivity contribution < 1.29 is 19.8 Å². The fraction of sp³-hybridized carbons (Fsp3) is 0.939. The zero-order valence-electron chi connectivity index (χ0n) is 25.5. The summed E-state index contributed by atoms with van der Waals surface area (Å²) in [6.45, 7) is 4.43. The minimum atomic E-state index is -1.11. The average Bonchev–Trinajstić information content (AvgIpc) is 2.91. The topological polar surface area (TPSA) is 77.8 Å². The summed E-state index contributed by atoms with van der Waals surface area (Å²) < 4.78 is 0. The molecule has 0 rings (SSSR count). The zero-order valence-corrected chi connectivity index (χ0v) is 25.5.